The van der Waals surface area contributed by atoms with Crippen LogP contribution in [0.15, 0.2) is 48.5 Å². The Kier molecular flexibility index (Phi) is 6.57. The lowest BCUT2D eigenvalue weighted by molar-refractivity contribution is 0.122. The van der Waals surface area contributed by atoms with E-state index in [1.165, 1.54) is 11.1 Å². The van der Waals surface area contributed by atoms with Crippen molar-refractivity contribution >= 4 is 23.1 Å². The summed E-state index contributed by atoms with van der Waals surface area (Å²) in [5.74, 6) is 0.315. The molecule has 3 rings (SSSR count). The second kappa shape index (κ2) is 9.11. The summed E-state index contributed by atoms with van der Waals surface area (Å²) in [4.78, 5) is 23.2. The average Bonchev–Trinajstić information content (AvgIpc) is 2.98. The Morgan fingerprint density at radius 3 is 2.11 bits per heavy atom. The van der Waals surface area contributed by atoms with E-state index in [0.29, 0.717) is 12.3 Å². The van der Waals surface area contributed by atoms with Crippen LogP contribution in [-0.2, 0) is 9.47 Å². The topological polar surface area (TPSA) is 64.6 Å². The van der Waals surface area contributed by atoms with Gasteiger partial charge >= 0.3 is 11.5 Å². The fraction of sp³-hybridized carbons (Fsp3) is 0.364. The molecule has 0 heterocycles. The monoisotopic (exact) mass is 401 g/mol. The molecule has 0 saturated carbocycles. The Balaban J connectivity index is 1.64. The number of benzene rings is 2. The van der Waals surface area contributed by atoms with Crippen molar-refractivity contribution in [1.82, 2.24) is 5.32 Å². The highest BCUT2D eigenvalue weighted by atomic mass is 35.5. The Labute approximate surface area is 170 Å². The summed E-state index contributed by atoms with van der Waals surface area (Å²) in [7, 11) is 0. The SMILES string of the molecule is CC(C)C[C@@H](COC(=O)Cl)NC(=O)OCC1c2ccccc2-c2ccccc21. The Morgan fingerprint density at radius 1 is 1.00 bits per heavy atom. The molecule has 0 spiro atoms. The fourth-order valence-electron chi connectivity index (χ4n) is 3.71. The number of hydrogen-bond acceptors (Lipinski definition) is 4. The third kappa shape index (κ3) is 4.84. The predicted molar refractivity (Wildman–Crippen MR) is 109 cm³/mol. The van der Waals surface area contributed by atoms with Crippen molar-refractivity contribution in [3.63, 3.8) is 0 Å². The van der Waals surface area contributed by atoms with Gasteiger partial charge in [-0.05, 0) is 34.6 Å². The predicted octanol–water partition coefficient (Wildman–Crippen LogP) is 5.32. The average molecular weight is 402 g/mol. The number of alkyl carbamates (subject to hydrolysis) is 1. The zero-order valence-corrected chi connectivity index (χ0v) is 16.7. The number of carbonyl (C=O) groups excluding carboxylic acids is 2. The van der Waals surface area contributed by atoms with E-state index in [1.807, 2.05) is 38.1 Å². The molecule has 0 aromatic heterocycles. The molecule has 2 aromatic rings. The van der Waals surface area contributed by atoms with Gasteiger partial charge in [0.05, 0.1) is 6.04 Å². The van der Waals surface area contributed by atoms with E-state index in [-0.39, 0.29) is 25.2 Å². The Bertz CT molecular complexity index is 806. The number of halogens is 1. The van der Waals surface area contributed by atoms with Crippen LogP contribution in [0.2, 0.25) is 0 Å². The van der Waals surface area contributed by atoms with Crippen LogP contribution in [0.3, 0.4) is 0 Å². The quantitative estimate of drug-likeness (QED) is 0.638. The van der Waals surface area contributed by atoms with E-state index in [0.717, 1.165) is 11.1 Å². The minimum Gasteiger partial charge on any atom is -0.452 e. The van der Waals surface area contributed by atoms with E-state index >= 15 is 0 Å². The molecule has 0 fully saturated rings. The summed E-state index contributed by atoms with van der Waals surface area (Å²) in [5.41, 5.74) is 3.79. The maximum Gasteiger partial charge on any atom is 0.407 e. The first kappa shape index (κ1) is 20.2. The summed E-state index contributed by atoms with van der Waals surface area (Å²) >= 11 is 5.23. The smallest absolute Gasteiger partial charge is 0.407 e. The number of hydrogen-bond donors (Lipinski definition) is 1. The summed E-state index contributed by atoms with van der Waals surface area (Å²) in [6.07, 6.45) is 0.118. The molecule has 1 aliphatic rings. The largest absolute Gasteiger partial charge is 0.452 e. The van der Waals surface area contributed by atoms with E-state index < -0.39 is 11.5 Å². The van der Waals surface area contributed by atoms with Crippen molar-refractivity contribution in [2.45, 2.75) is 32.2 Å². The molecule has 5 nitrogen and oxygen atoms in total. The van der Waals surface area contributed by atoms with Crippen molar-refractivity contribution in [3.8, 4) is 11.1 Å². The van der Waals surface area contributed by atoms with Crippen LogP contribution in [0.25, 0.3) is 11.1 Å². The molecule has 0 bridgehead atoms. The summed E-state index contributed by atoms with van der Waals surface area (Å²) < 4.78 is 10.4. The third-order valence-corrected chi connectivity index (χ3v) is 4.93. The van der Waals surface area contributed by atoms with Gasteiger partial charge in [-0.1, -0.05) is 62.4 Å². The first-order valence-corrected chi connectivity index (χ1v) is 9.77. The molecular formula is C22H24ClNO4. The fourth-order valence-corrected chi connectivity index (χ4v) is 3.77. The number of fused-ring (bicyclic) bond motifs is 3. The highest BCUT2D eigenvalue weighted by molar-refractivity contribution is 6.61. The maximum absolute atomic E-state index is 12.4. The van der Waals surface area contributed by atoms with Gasteiger partial charge in [0.15, 0.2) is 0 Å². The molecule has 1 aliphatic carbocycles. The van der Waals surface area contributed by atoms with E-state index in [1.54, 1.807) is 0 Å². The lowest BCUT2D eigenvalue weighted by Gasteiger charge is -2.21. The lowest BCUT2D eigenvalue weighted by Crippen LogP contribution is -2.40. The van der Waals surface area contributed by atoms with Crippen LogP contribution in [0.4, 0.5) is 9.59 Å². The summed E-state index contributed by atoms with van der Waals surface area (Å²) in [5, 5.41) is 2.78. The molecule has 1 atom stereocenters. The summed E-state index contributed by atoms with van der Waals surface area (Å²) in [6.45, 7) is 4.30. The number of carbonyl (C=O) groups is 2. The molecule has 1 N–H and O–H groups in total. The minimum absolute atomic E-state index is 0.00219. The van der Waals surface area contributed by atoms with Crippen molar-refractivity contribution in [1.29, 1.82) is 0 Å². The Morgan fingerprint density at radius 2 is 1.57 bits per heavy atom. The van der Waals surface area contributed by atoms with Gasteiger partial charge in [-0.3, -0.25) is 0 Å². The van der Waals surface area contributed by atoms with Crippen molar-refractivity contribution in [2.75, 3.05) is 13.2 Å². The molecule has 0 saturated heterocycles. The standard InChI is InChI=1S/C22H24ClNO4/c1-14(2)11-15(12-27-21(23)25)24-22(26)28-13-20-18-9-5-3-7-16(18)17-8-4-6-10-19(17)20/h3-10,14-15,20H,11-13H2,1-2H3,(H,24,26)/t15-/m0/s1. The van der Waals surface area contributed by atoms with E-state index in [4.69, 9.17) is 21.1 Å². The van der Waals surface area contributed by atoms with Crippen molar-refractivity contribution < 1.29 is 19.1 Å². The first-order chi connectivity index (χ1) is 13.5. The van der Waals surface area contributed by atoms with Gasteiger partial charge in [0.1, 0.15) is 13.2 Å². The number of rotatable bonds is 7. The zero-order valence-electron chi connectivity index (χ0n) is 16.0. The molecule has 6 heteroatoms. The van der Waals surface area contributed by atoms with Crippen LogP contribution in [0.1, 0.15) is 37.3 Å². The van der Waals surface area contributed by atoms with Gasteiger partial charge in [0.25, 0.3) is 0 Å². The minimum atomic E-state index is -0.886. The highest BCUT2D eigenvalue weighted by Crippen LogP contribution is 2.44. The Hall–Kier alpha value is -2.53. The van der Waals surface area contributed by atoms with Crippen LogP contribution in [-0.4, -0.2) is 30.8 Å². The van der Waals surface area contributed by atoms with Gasteiger partial charge in [-0.2, -0.15) is 0 Å². The third-order valence-electron chi connectivity index (χ3n) is 4.82. The molecule has 1 amide bonds. The molecule has 0 aliphatic heterocycles. The maximum atomic E-state index is 12.4. The molecule has 0 radical (unpaired) electrons. The second-order valence-electron chi connectivity index (χ2n) is 7.34. The van der Waals surface area contributed by atoms with Crippen molar-refractivity contribution in [3.05, 3.63) is 59.7 Å². The molecule has 148 valence electrons. The zero-order chi connectivity index (χ0) is 20.1. The normalized spacial score (nSPS) is 13.6. The second-order valence-corrected chi connectivity index (χ2v) is 7.65. The van der Waals surface area contributed by atoms with Crippen LogP contribution >= 0.6 is 11.6 Å². The van der Waals surface area contributed by atoms with Crippen LogP contribution in [0, 0.1) is 5.92 Å². The van der Waals surface area contributed by atoms with E-state index in [2.05, 4.69) is 29.6 Å². The van der Waals surface area contributed by atoms with Gasteiger partial charge in [-0.25, -0.2) is 9.59 Å². The number of amides is 1. The molecular weight excluding hydrogens is 378 g/mol. The molecule has 2 aromatic carbocycles. The lowest BCUT2D eigenvalue weighted by atomic mass is 9.98. The summed E-state index contributed by atoms with van der Waals surface area (Å²) in [6, 6.07) is 16.0. The van der Waals surface area contributed by atoms with Gasteiger partial charge in [0, 0.05) is 17.5 Å². The number of ether oxygens (including phenoxy) is 2. The van der Waals surface area contributed by atoms with Gasteiger partial charge < -0.3 is 14.8 Å². The van der Waals surface area contributed by atoms with Gasteiger partial charge in [0.2, 0.25) is 0 Å². The highest BCUT2D eigenvalue weighted by Gasteiger charge is 2.29. The molecule has 28 heavy (non-hydrogen) atoms. The van der Waals surface area contributed by atoms with E-state index in [9.17, 15) is 9.59 Å². The van der Waals surface area contributed by atoms with Crippen LogP contribution in [0.5, 0.6) is 0 Å². The first-order valence-electron chi connectivity index (χ1n) is 9.39. The molecule has 0 unspecified atom stereocenters. The van der Waals surface area contributed by atoms with Gasteiger partial charge in [-0.15, -0.1) is 0 Å². The van der Waals surface area contributed by atoms with Crippen molar-refractivity contribution in [2.24, 2.45) is 5.92 Å². The van der Waals surface area contributed by atoms with Crippen LogP contribution < -0.4 is 5.32 Å². The number of nitrogens with one attached hydrogen (secondary N) is 1.